The molecule has 0 spiro atoms. The Hall–Kier alpha value is -2.19. The van der Waals surface area contributed by atoms with E-state index in [1.165, 1.54) is 19.4 Å². The average molecular weight is 311 g/mol. The summed E-state index contributed by atoms with van der Waals surface area (Å²) in [4.78, 5) is 3.54. The van der Waals surface area contributed by atoms with Crippen LogP contribution in [0.1, 0.15) is 5.56 Å². The van der Waals surface area contributed by atoms with Crippen LogP contribution in [0, 0.1) is 5.82 Å². The third-order valence-corrected chi connectivity index (χ3v) is 4.07. The van der Waals surface area contributed by atoms with Crippen LogP contribution < -0.4 is 15.2 Å². The van der Waals surface area contributed by atoms with Crippen LogP contribution in [-0.4, -0.2) is 20.5 Å². The molecule has 1 aromatic carbocycles. The lowest BCUT2D eigenvalue weighted by molar-refractivity contribution is 0.409. The lowest BCUT2D eigenvalue weighted by Gasteiger charge is -2.11. The fraction of sp³-hybridized carbons (Fsp3) is 0.154. The Bertz CT molecular complexity index is 750. The Morgan fingerprint density at radius 3 is 2.81 bits per heavy atom. The SMILES string of the molecule is COc1ccc(N)cc1CNS(=O)(=O)c1ncccc1F. The van der Waals surface area contributed by atoms with E-state index in [0.717, 1.165) is 6.07 Å². The Morgan fingerprint density at radius 1 is 1.38 bits per heavy atom. The van der Waals surface area contributed by atoms with Gasteiger partial charge in [-0.3, -0.25) is 0 Å². The maximum atomic E-state index is 13.5. The molecular formula is C13H14FN3O3S. The highest BCUT2D eigenvalue weighted by molar-refractivity contribution is 7.89. The van der Waals surface area contributed by atoms with Crippen molar-refractivity contribution in [1.82, 2.24) is 9.71 Å². The zero-order valence-corrected chi connectivity index (χ0v) is 12.0. The van der Waals surface area contributed by atoms with Crippen LogP contribution in [0.5, 0.6) is 5.75 Å². The van der Waals surface area contributed by atoms with Gasteiger partial charge in [0.2, 0.25) is 5.03 Å². The molecule has 6 nitrogen and oxygen atoms in total. The van der Waals surface area contributed by atoms with Gasteiger partial charge < -0.3 is 10.5 Å². The third kappa shape index (κ3) is 3.47. The Balaban J connectivity index is 2.24. The first kappa shape index (κ1) is 15.2. The Labute approximate surface area is 121 Å². The van der Waals surface area contributed by atoms with Crippen molar-refractivity contribution in [1.29, 1.82) is 0 Å². The second-order valence-electron chi connectivity index (χ2n) is 4.19. The maximum Gasteiger partial charge on any atom is 0.261 e. The highest BCUT2D eigenvalue weighted by Gasteiger charge is 2.20. The molecule has 0 saturated carbocycles. The predicted octanol–water partition coefficient (Wildman–Crippen LogP) is 1.29. The highest BCUT2D eigenvalue weighted by Crippen LogP contribution is 2.21. The van der Waals surface area contributed by atoms with Crippen LogP contribution in [0.2, 0.25) is 0 Å². The molecule has 0 aliphatic carbocycles. The molecule has 3 N–H and O–H groups in total. The molecule has 0 saturated heterocycles. The van der Waals surface area contributed by atoms with Crippen molar-refractivity contribution in [2.45, 2.75) is 11.6 Å². The van der Waals surface area contributed by atoms with Crippen molar-refractivity contribution in [3.63, 3.8) is 0 Å². The van der Waals surface area contributed by atoms with Gasteiger partial charge in [-0.05, 0) is 30.3 Å². The fourth-order valence-corrected chi connectivity index (χ4v) is 2.75. The van der Waals surface area contributed by atoms with E-state index >= 15 is 0 Å². The average Bonchev–Trinajstić information content (AvgIpc) is 2.45. The van der Waals surface area contributed by atoms with Gasteiger partial charge in [0.05, 0.1) is 7.11 Å². The van der Waals surface area contributed by atoms with E-state index in [1.54, 1.807) is 18.2 Å². The van der Waals surface area contributed by atoms with E-state index < -0.39 is 20.9 Å². The molecule has 1 aromatic heterocycles. The molecule has 0 fully saturated rings. The number of ether oxygens (including phenoxy) is 1. The van der Waals surface area contributed by atoms with Crippen LogP contribution in [0.3, 0.4) is 0 Å². The Kier molecular flexibility index (Phi) is 4.39. The zero-order chi connectivity index (χ0) is 15.5. The van der Waals surface area contributed by atoms with Crippen LogP contribution in [0.4, 0.5) is 10.1 Å². The molecule has 8 heteroatoms. The molecule has 2 rings (SSSR count). The van der Waals surface area contributed by atoms with Crippen molar-refractivity contribution in [3.8, 4) is 5.75 Å². The molecule has 21 heavy (non-hydrogen) atoms. The number of nitrogens with zero attached hydrogens (tertiary/aromatic N) is 1. The monoisotopic (exact) mass is 311 g/mol. The minimum absolute atomic E-state index is 0.0907. The van der Waals surface area contributed by atoms with Gasteiger partial charge in [0, 0.05) is 24.0 Å². The number of methoxy groups -OCH3 is 1. The standard InChI is InChI=1S/C13H14FN3O3S/c1-20-12-5-4-10(15)7-9(12)8-17-21(18,19)13-11(14)3-2-6-16-13/h2-7,17H,8,15H2,1H3. The molecule has 2 aromatic rings. The summed E-state index contributed by atoms with van der Waals surface area (Å²) in [7, 11) is -2.60. The zero-order valence-electron chi connectivity index (χ0n) is 11.2. The first-order valence-electron chi connectivity index (χ1n) is 5.96. The molecule has 0 radical (unpaired) electrons. The van der Waals surface area contributed by atoms with E-state index in [4.69, 9.17) is 10.5 Å². The number of halogens is 1. The van der Waals surface area contributed by atoms with Crippen molar-refractivity contribution in [3.05, 3.63) is 47.9 Å². The molecular weight excluding hydrogens is 297 g/mol. The number of nitrogens with two attached hydrogens (primary N) is 1. The lowest BCUT2D eigenvalue weighted by atomic mass is 10.2. The molecule has 0 aliphatic heterocycles. The quantitative estimate of drug-likeness (QED) is 0.811. The molecule has 0 aliphatic rings. The largest absolute Gasteiger partial charge is 0.496 e. The van der Waals surface area contributed by atoms with E-state index in [-0.39, 0.29) is 6.54 Å². The molecule has 0 amide bonds. The minimum atomic E-state index is -4.06. The van der Waals surface area contributed by atoms with E-state index in [2.05, 4.69) is 9.71 Å². The summed E-state index contributed by atoms with van der Waals surface area (Å²) in [5.41, 5.74) is 6.66. The smallest absolute Gasteiger partial charge is 0.261 e. The Morgan fingerprint density at radius 2 is 2.14 bits per heavy atom. The first-order valence-corrected chi connectivity index (χ1v) is 7.45. The van der Waals surface area contributed by atoms with Crippen LogP contribution in [-0.2, 0) is 16.6 Å². The van der Waals surface area contributed by atoms with Crippen molar-refractivity contribution in [2.24, 2.45) is 0 Å². The number of pyridine rings is 1. The van der Waals surface area contributed by atoms with E-state index in [1.807, 2.05) is 0 Å². The van der Waals surface area contributed by atoms with E-state index in [0.29, 0.717) is 17.0 Å². The fourth-order valence-electron chi connectivity index (χ4n) is 1.75. The predicted molar refractivity (Wildman–Crippen MR) is 75.6 cm³/mol. The molecule has 0 atom stereocenters. The topological polar surface area (TPSA) is 94.3 Å². The normalized spacial score (nSPS) is 11.3. The van der Waals surface area contributed by atoms with Crippen molar-refractivity contribution in [2.75, 3.05) is 12.8 Å². The third-order valence-electron chi connectivity index (χ3n) is 2.74. The first-order chi connectivity index (χ1) is 9.94. The number of hydrogen-bond donors (Lipinski definition) is 2. The van der Waals surface area contributed by atoms with Gasteiger partial charge in [-0.25, -0.2) is 22.5 Å². The van der Waals surface area contributed by atoms with Crippen LogP contribution in [0.25, 0.3) is 0 Å². The summed E-state index contributed by atoms with van der Waals surface area (Å²) in [5, 5.41) is -0.645. The summed E-state index contributed by atoms with van der Waals surface area (Å²) >= 11 is 0. The molecule has 0 unspecified atom stereocenters. The molecule has 112 valence electrons. The van der Waals surface area contributed by atoms with Gasteiger partial charge in [0.1, 0.15) is 5.75 Å². The number of nitrogen functional groups attached to an aromatic ring is 1. The number of rotatable bonds is 5. The summed E-state index contributed by atoms with van der Waals surface area (Å²) in [5.74, 6) is -0.432. The van der Waals surface area contributed by atoms with Crippen LogP contribution >= 0.6 is 0 Å². The lowest BCUT2D eigenvalue weighted by Crippen LogP contribution is -2.25. The summed E-state index contributed by atoms with van der Waals surface area (Å²) in [6.45, 7) is -0.0907. The number of aromatic nitrogens is 1. The van der Waals surface area contributed by atoms with Crippen molar-refractivity contribution >= 4 is 15.7 Å². The molecule has 0 bridgehead atoms. The minimum Gasteiger partial charge on any atom is -0.496 e. The number of benzene rings is 1. The van der Waals surface area contributed by atoms with Gasteiger partial charge in [-0.15, -0.1) is 0 Å². The summed E-state index contributed by atoms with van der Waals surface area (Å²) in [6, 6.07) is 7.18. The molecule has 1 heterocycles. The summed E-state index contributed by atoms with van der Waals surface area (Å²) < 4.78 is 44.9. The maximum absolute atomic E-state index is 13.5. The second kappa shape index (κ2) is 6.06. The second-order valence-corrected chi connectivity index (χ2v) is 5.87. The van der Waals surface area contributed by atoms with Gasteiger partial charge in [-0.1, -0.05) is 0 Å². The van der Waals surface area contributed by atoms with Gasteiger partial charge in [0.15, 0.2) is 5.82 Å². The van der Waals surface area contributed by atoms with E-state index in [9.17, 15) is 12.8 Å². The number of nitrogens with one attached hydrogen (secondary N) is 1. The highest BCUT2D eigenvalue weighted by atomic mass is 32.2. The number of anilines is 1. The summed E-state index contributed by atoms with van der Waals surface area (Å²) in [6.07, 6.45) is 1.21. The van der Waals surface area contributed by atoms with Crippen LogP contribution in [0.15, 0.2) is 41.6 Å². The van der Waals surface area contributed by atoms with Gasteiger partial charge in [0.25, 0.3) is 10.0 Å². The van der Waals surface area contributed by atoms with Gasteiger partial charge in [-0.2, -0.15) is 0 Å². The number of sulfonamides is 1. The number of hydrogen-bond acceptors (Lipinski definition) is 5. The van der Waals surface area contributed by atoms with Gasteiger partial charge >= 0.3 is 0 Å². The van der Waals surface area contributed by atoms with Crippen molar-refractivity contribution < 1.29 is 17.5 Å².